The number of benzene rings is 2. The number of nitrogens with one attached hydrogen (secondary N) is 2. The predicted octanol–water partition coefficient (Wildman–Crippen LogP) is 2.28. The summed E-state index contributed by atoms with van der Waals surface area (Å²) in [5.74, 6) is -0.575. The Labute approximate surface area is 164 Å². The van der Waals surface area contributed by atoms with E-state index in [0.717, 1.165) is 0 Å². The molecule has 2 rings (SSSR count). The van der Waals surface area contributed by atoms with Gasteiger partial charge in [0.1, 0.15) is 0 Å². The Morgan fingerprint density at radius 2 is 1.61 bits per heavy atom. The van der Waals surface area contributed by atoms with E-state index >= 15 is 0 Å². The highest BCUT2D eigenvalue weighted by atomic mass is 32.2. The van der Waals surface area contributed by atoms with E-state index in [1.54, 1.807) is 50.2 Å². The van der Waals surface area contributed by atoms with Gasteiger partial charge < -0.3 is 5.32 Å². The van der Waals surface area contributed by atoms with Crippen molar-refractivity contribution in [3.05, 3.63) is 75.3 Å². The fraction of sp³-hybridized carbons (Fsp3) is 0.316. The van der Waals surface area contributed by atoms with E-state index in [1.165, 1.54) is 12.1 Å². The molecule has 0 aliphatic carbocycles. The number of hydrogen-bond acceptors (Lipinski definition) is 5. The topological polar surface area (TPSA) is 118 Å². The molecule has 0 spiro atoms. The van der Waals surface area contributed by atoms with Crippen LogP contribution in [0, 0.1) is 10.1 Å². The third kappa shape index (κ3) is 6.43. The highest BCUT2D eigenvalue weighted by Crippen LogP contribution is 2.18. The number of nitro groups is 1. The molecule has 150 valence electrons. The van der Waals surface area contributed by atoms with Crippen molar-refractivity contribution >= 4 is 21.6 Å². The lowest BCUT2D eigenvalue weighted by Crippen LogP contribution is -2.32. The normalized spacial score (nSPS) is 11.4. The molecular weight excluding hydrogens is 382 g/mol. The molecule has 0 unspecified atom stereocenters. The SMILES string of the molecule is CC(C)NS(=O)(=O)Cc1ccccc1CNC(=O)Cc1ccccc1[N+](=O)[O-]. The number of amides is 1. The van der Waals surface area contributed by atoms with Gasteiger partial charge in [-0.3, -0.25) is 14.9 Å². The molecule has 28 heavy (non-hydrogen) atoms. The van der Waals surface area contributed by atoms with E-state index in [-0.39, 0.29) is 36.4 Å². The van der Waals surface area contributed by atoms with Crippen LogP contribution in [0.4, 0.5) is 5.69 Å². The molecule has 2 aromatic rings. The zero-order valence-electron chi connectivity index (χ0n) is 15.7. The number of hydrogen-bond donors (Lipinski definition) is 2. The average Bonchev–Trinajstić information content (AvgIpc) is 2.59. The van der Waals surface area contributed by atoms with Crippen LogP contribution in [-0.4, -0.2) is 25.3 Å². The van der Waals surface area contributed by atoms with Gasteiger partial charge in [-0.05, 0) is 25.0 Å². The first-order chi connectivity index (χ1) is 13.2. The van der Waals surface area contributed by atoms with E-state index in [9.17, 15) is 23.3 Å². The number of nitro benzene ring substituents is 1. The molecule has 9 heteroatoms. The number of nitrogens with zero attached hydrogens (tertiary/aromatic N) is 1. The van der Waals surface area contributed by atoms with Crippen molar-refractivity contribution in [1.29, 1.82) is 0 Å². The number of sulfonamides is 1. The minimum atomic E-state index is -3.50. The van der Waals surface area contributed by atoms with Crippen molar-refractivity contribution in [3.8, 4) is 0 Å². The Morgan fingerprint density at radius 3 is 2.21 bits per heavy atom. The maximum absolute atomic E-state index is 12.2. The average molecular weight is 405 g/mol. The molecule has 0 aromatic heterocycles. The number of carbonyl (C=O) groups excluding carboxylic acids is 1. The molecule has 0 atom stereocenters. The Kier molecular flexibility index (Phi) is 7.24. The predicted molar refractivity (Wildman–Crippen MR) is 106 cm³/mol. The van der Waals surface area contributed by atoms with Crippen LogP contribution in [0.5, 0.6) is 0 Å². The first-order valence-corrected chi connectivity index (χ1v) is 10.4. The Balaban J connectivity index is 2.05. The molecule has 0 saturated carbocycles. The number of rotatable bonds is 9. The zero-order chi connectivity index (χ0) is 20.7. The van der Waals surface area contributed by atoms with Gasteiger partial charge in [-0.2, -0.15) is 0 Å². The molecule has 0 heterocycles. The van der Waals surface area contributed by atoms with Crippen LogP contribution < -0.4 is 10.0 Å². The molecular formula is C19H23N3O5S. The van der Waals surface area contributed by atoms with Crippen LogP contribution in [0.2, 0.25) is 0 Å². The summed E-state index contributed by atoms with van der Waals surface area (Å²) in [5, 5.41) is 13.8. The smallest absolute Gasteiger partial charge is 0.273 e. The third-order valence-corrected chi connectivity index (χ3v) is 5.42. The van der Waals surface area contributed by atoms with Gasteiger partial charge >= 0.3 is 0 Å². The van der Waals surface area contributed by atoms with Crippen molar-refractivity contribution in [1.82, 2.24) is 10.0 Å². The van der Waals surface area contributed by atoms with Crippen molar-refractivity contribution < 1.29 is 18.1 Å². The second-order valence-corrected chi connectivity index (χ2v) is 8.39. The standard InChI is InChI=1S/C19H23N3O5S/c1-14(2)21-28(26,27)13-17-9-4-3-8-16(17)12-20-19(23)11-15-7-5-6-10-18(15)22(24)25/h3-10,14,21H,11-13H2,1-2H3,(H,20,23). The maximum atomic E-state index is 12.2. The molecule has 0 aliphatic heterocycles. The van der Waals surface area contributed by atoms with Crippen LogP contribution in [-0.2, 0) is 33.5 Å². The minimum Gasteiger partial charge on any atom is -0.352 e. The second-order valence-electron chi connectivity index (χ2n) is 6.64. The number of carbonyl (C=O) groups is 1. The summed E-state index contributed by atoms with van der Waals surface area (Å²) in [6, 6.07) is 12.8. The summed E-state index contributed by atoms with van der Waals surface area (Å²) in [6.07, 6.45) is -0.132. The van der Waals surface area contributed by atoms with E-state index in [0.29, 0.717) is 16.7 Å². The molecule has 0 saturated heterocycles. The molecule has 2 N–H and O–H groups in total. The lowest BCUT2D eigenvalue weighted by molar-refractivity contribution is -0.385. The van der Waals surface area contributed by atoms with E-state index in [2.05, 4.69) is 10.0 Å². The van der Waals surface area contributed by atoms with Gasteiger partial charge in [-0.15, -0.1) is 0 Å². The summed E-state index contributed by atoms with van der Waals surface area (Å²) < 4.78 is 26.9. The molecule has 0 aliphatic rings. The van der Waals surface area contributed by atoms with Crippen LogP contribution in [0.1, 0.15) is 30.5 Å². The zero-order valence-corrected chi connectivity index (χ0v) is 16.5. The minimum absolute atomic E-state index is 0.107. The molecule has 8 nitrogen and oxygen atoms in total. The van der Waals surface area contributed by atoms with Gasteiger partial charge in [0.05, 0.1) is 17.1 Å². The van der Waals surface area contributed by atoms with Crippen molar-refractivity contribution in [2.24, 2.45) is 0 Å². The Morgan fingerprint density at radius 1 is 1.04 bits per heavy atom. The summed E-state index contributed by atoms with van der Waals surface area (Å²) in [6.45, 7) is 3.62. The summed E-state index contributed by atoms with van der Waals surface area (Å²) in [7, 11) is -3.50. The lowest BCUT2D eigenvalue weighted by atomic mass is 10.1. The molecule has 1 amide bonds. The van der Waals surface area contributed by atoms with Crippen LogP contribution in [0.3, 0.4) is 0 Å². The van der Waals surface area contributed by atoms with E-state index in [1.807, 2.05) is 0 Å². The van der Waals surface area contributed by atoms with E-state index in [4.69, 9.17) is 0 Å². The van der Waals surface area contributed by atoms with Gasteiger partial charge in [0.15, 0.2) is 0 Å². The van der Waals surface area contributed by atoms with Crippen LogP contribution >= 0.6 is 0 Å². The van der Waals surface area contributed by atoms with Crippen molar-refractivity contribution in [2.45, 2.75) is 38.6 Å². The van der Waals surface area contributed by atoms with Crippen molar-refractivity contribution in [3.63, 3.8) is 0 Å². The fourth-order valence-corrected chi connectivity index (χ4v) is 4.24. The third-order valence-electron chi connectivity index (χ3n) is 3.89. The fourth-order valence-electron chi connectivity index (χ4n) is 2.74. The van der Waals surface area contributed by atoms with Crippen LogP contribution in [0.25, 0.3) is 0 Å². The Hall–Kier alpha value is -2.78. The largest absolute Gasteiger partial charge is 0.352 e. The highest BCUT2D eigenvalue weighted by Gasteiger charge is 2.17. The molecule has 2 aromatic carbocycles. The molecule has 0 bridgehead atoms. The van der Waals surface area contributed by atoms with Gasteiger partial charge in [0.2, 0.25) is 15.9 Å². The quantitative estimate of drug-likeness (QED) is 0.490. The van der Waals surface area contributed by atoms with Gasteiger partial charge in [-0.25, -0.2) is 13.1 Å². The number of para-hydroxylation sites is 1. The van der Waals surface area contributed by atoms with Gasteiger partial charge in [-0.1, -0.05) is 42.5 Å². The monoisotopic (exact) mass is 405 g/mol. The molecule has 0 fully saturated rings. The van der Waals surface area contributed by atoms with Crippen LogP contribution in [0.15, 0.2) is 48.5 Å². The molecule has 0 radical (unpaired) electrons. The van der Waals surface area contributed by atoms with Crippen molar-refractivity contribution in [2.75, 3.05) is 0 Å². The van der Waals surface area contributed by atoms with E-state index < -0.39 is 14.9 Å². The second kappa shape index (κ2) is 9.43. The maximum Gasteiger partial charge on any atom is 0.273 e. The van der Waals surface area contributed by atoms with Gasteiger partial charge in [0, 0.05) is 24.2 Å². The lowest BCUT2D eigenvalue weighted by Gasteiger charge is -2.13. The van der Waals surface area contributed by atoms with Gasteiger partial charge in [0.25, 0.3) is 5.69 Å². The highest BCUT2D eigenvalue weighted by molar-refractivity contribution is 7.88. The summed E-state index contributed by atoms with van der Waals surface area (Å²) >= 11 is 0. The first-order valence-electron chi connectivity index (χ1n) is 8.73. The summed E-state index contributed by atoms with van der Waals surface area (Å²) in [5.41, 5.74) is 1.47. The Bertz CT molecular complexity index is 958. The summed E-state index contributed by atoms with van der Waals surface area (Å²) in [4.78, 5) is 22.8. The first kappa shape index (κ1) is 21.5.